The molecule has 3 N–H and O–H groups in total. The van der Waals surface area contributed by atoms with Gasteiger partial charge in [0.25, 0.3) is 0 Å². The maximum atomic E-state index is 14.5. The number of benzene rings is 1. The molecule has 1 fully saturated rings. The molecule has 2 unspecified atom stereocenters. The maximum Gasteiger partial charge on any atom is 0.147 e. The van der Waals surface area contributed by atoms with Crippen LogP contribution in [0.1, 0.15) is 43.7 Å². The fourth-order valence-corrected chi connectivity index (χ4v) is 3.68. The molecule has 118 valence electrons. The van der Waals surface area contributed by atoms with E-state index in [0.29, 0.717) is 16.0 Å². The molecule has 1 saturated carbocycles. The summed E-state index contributed by atoms with van der Waals surface area (Å²) in [7, 11) is 1.65. The molecule has 1 aliphatic rings. The largest absolute Gasteiger partial charge is 0.379 e. The lowest BCUT2D eigenvalue weighted by molar-refractivity contribution is 0.00665. The molecule has 1 aromatic rings. The van der Waals surface area contributed by atoms with E-state index in [1.807, 2.05) is 0 Å². The molecule has 0 heterocycles. The minimum Gasteiger partial charge on any atom is -0.379 e. The third kappa shape index (κ3) is 3.77. The number of halogens is 3. The average molecular weight is 380 g/mol. The Morgan fingerprint density at radius 3 is 2.62 bits per heavy atom. The summed E-state index contributed by atoms with van der Waals surface area (Å²) >= 11 is 9.21. The molecule has 0 aliphatic heterocycles. The fraction of sp³-hybridized carbons (Fsp3) is 0.600. The highest BCUT2D eigenvalue weighted by Crippen LogP contribution is 2.37. The Hall–Kier alpha value is -0.200. The highest BCUT2D eigenvalue weighted by Gasteiger charge is 2.33. The fourth-order valence-electron chi connectivity index (χ4n) is 3.21. The summed E-state index contributed by atoms with van der Waals surface area (Å²) in [6, 6.07) is 3.02. The third-order valence-corrected chi connectivity index (χ3v) is 5.55. The Labute approximate surface area is 138 Å². The second-order valence-electron chi connectivity index (χ2n) is 5.51. The molecule has 3 nitrogen and oxygen atoms in total. The third-order valence-electron chi connectivity index (χ3n) is 4.29. The summed E-state index contributed by atoms with van der Waals surface area (Å²) in [5.74, 6) is 5.62. The summed E-state index contributed by atoms with van der Waals surface area (Å²) in [4.78, 5) is 0. The zero-order valence-corrected chi connectivity index (χ0v) is 14.4. The van der Waals surface area contributed by atoms with Crippen LogP contribution in [0.15, 0.2) is 16.6 Å². The van der Waals surface area contributed by atoms with Gasteiger partial charge in [-0.1, -0.05) is 36.9 Å². The van der Waals surface area contributed by atoms with E-state index in [-0.39, 0.29) is 11.1 Å². The second kappa shape index (κ2) is 7.88. The Kier molecular flexibility index (Phi) is 6.44. The van der Waals surface area contributed by atoms with E-state index in [1.165, 1.54) is 19.3 Å². The van der Waals surface area contributed by atoms with Crippen molar-refractivity contribution in [2.24, 2.45) is 11.8 Å². The smallest absolute Gasteiger partial charge is 0.147 e. The topological polar surface area (TPSA) is 47.3 Å². The summed E-state index contributed by atoms with van der Waals surface area (Å²) in [6.45, 7) is 0. The molecular weight excluding hydrogens is 359 g/mol. The minimum atomic E-state index is -0.452. The number of nitrogens with one attached hydrogen (secondary N) is 1. The van der Waals surface area contributed by atoms with E-state index >= 15 is 0 Å². The average Bonchev–Trinajstić information content (AvgIpc) is 2.52. The number of ether oxygens (including phenoxy) is 1. The van der Waals surface area contributed by atoms with Crippen molar-refractivity contribution >= 4 is 27.5 Å². The van der Waals surface area contributed by atoms with Gasteiger partial charge in [-0.2, -0.15) is 0 Å². The Morgan fingerprint density at radius 2 is 2.05 bits per heavy atom. The molecule has 21 heavy (non-hydrogen) atoms. The Bertz CT molecular complexity index is 483. The highest BCUT2D eigenvalue weighted by atomic mass is 79.9. The van der Waals surface area contributed by atoms with Crippen molar-refractivity contribution in [2.75, 3.05) is 7.11 Å². The number of rotatable bonds is 5. The van der Waals surface area contributed by atoms with Crippen LogP contribution in [0.4, 0.5) is 4.39 Å². The predicted octanol–water partition coefficient (Wildman–Crippen LogP) is 4.34. The molecule has 0 saturated heterocycles. The van der Waals surface area contributed by atoms with Crippen LogP contribution in [-0.2, 0) is 4.74 Å². The summed E-state index contributed by atoms with van der Waals surface area (Å²) in [5.41, 5.74) is 3.16. The van der Waals surface area contributed by atoms with Gasteiger partial charge in [0.05, 0.1) is 17.2 Å². The van der Waals surface area contributed by atoms with Gasteiger partial charge in [-0.05, 0) is 40.8 Å². The molecule has 1 aromatic carbocycles. The highest BCUT2D eigenvalue weighted by molar-refractivity contribution is 9.10. The number of hydrogen-bond donors (Lipinski definition) is 2. The first-order valence-electron chi connectivity index (χ1n) is 7.22. The first kappa shape index (κ1) is 17.2. The molecule has 0 bridgehead atoms. The van der Waals surface area contributed by atoms with E-state index < -0.39 is 11.9 Å². The SMILES string of the molecule is COC(C1CCCCC1)C(NN)c1ccc(Br)c(Cl)c1F. The molecule has 1 aliphatic carbocycles. The van der Waals surface area contributed by atoms with Gasteiger partial charge in [-0.3, -0.25) is 11.3 Å². The van der Waals surface area contributed by atoms with E-state index in [0.717, 1.165) is 12.8 Å². The van der Waals surface area contributed by atoms with Gasteiger partial charge in [-0.15, -0.1) is 0 Å². The van der Waals surface area contributed by atoms with E-state index in [2.05, 4.69) is 21.4 Å². The van der Waals surface area contributed by atoms with Crippen LogP contribution in [0.5, 0.6) is 0 Å². The lowest BCUT2D eigenvalue weighted by atomic mass is 9.81. The van der Waals surface area contributed by atoms with Gasteiger partial charge in [-0.25, -0.2) is 4.39 Å². The van der Waals surface area contributed by atoms with Crippen LogP contribution in [0.3, 0.4) is 0 Å². The predicted molar refractivity (Wildman–Crippen MR) is 86.5 cm³/mol. The first-order valence-corrected chi connectivity index (χ1v) is 8.39. The number of hydrogen-bond acceptors (Lipinski definition) is 3. The van der Waals surface area contributed by atoms with Crippen LogP contribution in [-0.4, -0.2) is 13.2 Å². The van der Waals surface area contributed by atoms with E-state index in [9.17, 15) is 4.39 Å². The van der Waals surface area contributed by atoms with Crippen LogP contribution < -0.4 is 11.3 Å². The summed E-state index contributed by atoms with van der Waals surface area (Å²) in [5, 5.41) is 0.0752. The molecule has 0 aromatic heterocycles. The van der Waals surface area contributed by atoms with Crippen molar-refractivity contribution in [1.82, 2.24) is 5.43 Å². The normalized spacial score (nSPS) is 19.5. The monoisotopic (exact) mass is 378 g/mol. The molecule has 0 spiro atoms. The van der Waals surface area contributed by atoms with Crippen molar-refractivity contribution in [3.8, 4) is 0 Å². The molecule has 6 heteroatoms. The number of nitrogens with two attached hydrogens (primary N) is 1. The quantitative estimate of drug-likeness (QED) is 0.454. The lowest BCUT2D eigenvalue weighted by Crippen LogP contribution is -2.42. The van der Waals surface area contributed by atoms with Crippen molar-refractivity contribution < 1.29 is 9.13 Å². The second-order valence-corrected chi connectivity index (χ2v) is 6.74. The first-order chi connectivity index (χ1) is 10.1. The lowest BCUT2D eigenvalue weighted by Gasteiger charge is -2.35. The molecule has 0 amide bonds. The molecular formula is C15H21BrClFN2O. The Balaban J connectivity index is 2.30. The molecule has 2 rings (SSSR count). The van der Waals surface area contributed by atoms with Crippen molar-refractivity contribution in [1.29, 1.82) is 0 Å². The van der Waals surface area contributed by atoms with Gasteiger partial charge < -0.3 is 4.74 Å². The van der Waals surface area contributed by atoms with Gasteiger partial charge >= 0.3 is 0 Å². The Morgan fingerprint density at radius 1 is 1.38 bits per heavy atom. The summed E-state index contributed by atoms with van der Waals surface area (Å²) < 4.78 is 20.6. The van der Waals surface area contributed by atoms with Crippen LogP contribution in [0.2, 0.25) is 5.02 Å². The maximum absolute atomic E-state index is 14.5. The van der Waals surface area contributed by atoms with Gasteiger partial charge in [0.2, 0.25) is 0 Å². The number of methoxy groups -OCH3 is 1. The van der Waals surface area contributed by atoms with Crippen molar-refractivity contribution in [3.63, 3.8) is 0 Å². The number of hydrazine groups is 1. The van der Waals surface area contributed by atoms with E-state index in [1.54, 1.807) is 19.2 Å². The van der Waals surface area contributed by atoms with Crippen LogP contribution in [0, 0.1) is 11.7 Å². The van der Waals surface area contributed by atoms with Gasteiger partial charge in [0.1, 0.15) is 5.82 Å². The molecule has 0 radical (unpaired) electrons. The minimum absolute atomic E-state index is 0.0752. The summed E-state index contributed by atoms with van der Waals surface area (Å²) in [6.07, 6.45) is 5.63. The van der Waals surface area contributed by atoms with E-state index in [4.69, 9.17) is 22.2 Å². The van der Waals surface area contributed by atoms with Crippen LogP contribution in [0.25, 0.3) is 0 Å². The van der Waals surface area contributed by atoms with Crippen molar-refractivity contribution in [2.45, 2.75) is 44.2 Å². The standard InChI is InChI=1S/C15H21BrClFN2O/c1-21-15(9-5-3-2-4-6-9)14(20-19)10-7-8-11(16)12(17)13(10)18/h7-9,14-15,20H,2-6,19H2,1H3. The van der Waals surface area contributed by atoms with Gasteiger partial charge in [0, 0.05) is 17.1 Å². The van der Waals surface area contributed by atoms with Crippen molar-refractivity contribution in [3.05, 3.63) is 33.0 Å². The zero-order chi connectivity index (χ0) is 15.4. The molecule has 2 atom stereocenters. The van der Waals surface area contributed by atoms with Gasteiger partial charge in [0.15, 0.2) is 0 Å². The van der Waals surface area contributed by atoms with Crippen LogP contribution >= 0.6 is 27.5 Å². The zero-order valence-electron chi connectivity index (χ0n) is 12.0.